The normalized spacial score (nSPS) is 26.9. The van der Waals surface area contributed by atoms with E-state index >= 15 is 0 Å². The third kappa shape index (κ3) is 4.30. The van der Waals surface area contributed by atoms with Crippen LogP contribution in [-0.4, -0.2) is 24.5 Å². The van der Waals surface area contributed by atoms with Gasteiger partial charge in [0.1, 0.15) is 0 Å². The highest BCUT2D eigenvalue weighted by Gasteiger charge is 2.25. The van der Waals surface area contributed by atoms with Crippen LogP contribution in [0, 0.1) is 11.8 Å². The molecule has 0 aromatic rings. The van der Waals surface area contributed by atoms with E-state index in [0.717, 1.165) is 32.2 Å². The van der Waals surface area contributed by atoms with Gasteiger partial charge in [-0.3, -0.25) is 4.79 Å². The molecule has 1 aliphatic rings. The fourth-order valence-electron chi connectivity index (χ4n) is 2.68. The Kier molecular flexibility index (Phi) is 5.96. The molecule has 1 rings (SSSR count). The van der Waals surface area contributed by atoms with E-state index in [1.807, 2.05) is 0 Å². The van der Waals surface area contributed by atoms with Crippen LogP contribution in [-0.2, 0) is 4.79 Å². The van der Waals surface area contributed by atoms with Gasteiger partial charge in [-0.05, 0) is 32.6 Å². The molecule has 3 atom stereocenters. The summed E-state index contributed by atoms with van der Waals surface area (Å²) in [6.07, 6.45) is 4.41. The SMILES string of the molecule is CCC(CC)C(C)NC(=O)C1CCC(C)NC1. The summed E-state index contributed by atoms with van der Waals surface area (Å²) in [5, 5.41) is 6.57. The molecule has 0 radical (unpaired) electrons. The van der Waals surface area contributed by atoms with Crippen molar-refractivity contribution >= 4 is 5.91 Å². The molecule has 100 valence electrons. The third-order valence-corrected chi connectivity index (χ3v) is 4.16. The average molecular weight is 240 g/mol. The molecule has 3 heteroatoms. The van der Waals surface area contributed by atoms with E-state index in [4.69, 9.17) is 0 Å². The Balaban J connectivity index is 2.38. The monoisotopic (exact) mass is 240 g/mol. The number of rotatable bonds is 5. The number of carbonyl (C=O) groups excluding carboxylic acids is 1. The molecule has 0 saturated carbocycles. The number of hydrogen-bond donors (Lipinski definition) is 2. The topological polar surface area (TPSA) is 41.1 Å². The summed E-state index contributed by atoms with van der Waals surface area (Å²) in [5.74, 6) is 1.02. The second-order valence-electron chi connectivity index (χ2n) is 5.46. The summed E-state index contributed by atoms with van der Waals surface area (Å²) in [6.45, 7) is 9.54. The minimum absolute atomic E-state index is 0.169. The maximum absolute atomic E-state index is 12.1. The summed E-state index contributed by atoms with van der Waals surface area (Å²) >= 11 is 0. The standard InChI is InChI=1S/C14H28N2O/c1-5-12(6-2)11(4)16-14(17)13-8-7-10(3)15-9-13/h10-13,15H,5-9H2,1-4H3,(H,16,17). The van der Waals surface area contributed by atoms with Crippen molar-refractivity contribution in [1.29, 1.82) is 0 Å². The lowest BCUT2D eigenvalue weighted by molar-refractivity contribution is -0.126. The molecule has 1 amide bonds. The summed E-state index contributed by atoms with van der Waals surface area (Å²) in [5.41, 5.74) is 0. The first-order valence-electron chi connectivity index (χ1n) is 7.12. The molecule has 1 heterocycles. The molecule has 0 aromatic heterocycles. The molecule has 0 spiro atoms. The van der Waals surface area contributed by atoms with Crippen LogP contribution in [0.15, 0.2) is 0 Å². The summed E-state index contributed by atoms with van der Waals surface area (Å²) in [7, 11) is 0. The maximum atomic E-state index is 12.1. The molecular weight excluding hydrogens is 212 g/mol. The van der Waals surface area contributed by atoms with Gasteiger partial charge in [-0.1, -0.05) is 26.7 Å². The van der Waals surface area contributed by atoms with E-state index in [-0.39, 0.29) is 11.8 Å². The highest BCUT2D eigenvalue weighted by molar-refractivity contribution is 5.79. The Hall–Kier alpha value is -0.570. The van der Waals surface area contributed by atoms with Crippen LogP contribution in [0.3, 0.4) is 0 Å². The van der Waals surface area contributed by atoms with Gasteiger partial charge < -0.3 is 10.6 Å². The van der Waals surface area contributed by atoms with E-state index in [9.17, 15) is 4.79 Å². The van der Waals surface area contributed by atoms with Gasteiger partial charge in [-0.25, -0.2) is 0 Å². The molecule has 1 fully saturated rings. The van der Waals surface area contributed by atoms with E-state index < -0.39 is 0 Å². The third-order valence-electron chi connectivity index (χ3n) is 4.16. The van der Waals surface area contributed by atoms with Crippen LogP contribution in [0.1, 0.15) is 53.4 Å². The Bertz CT molecular complexity index is 230. The van der Waals surface area contributed by atoms with Crippen molar-refractivity contribution in [3.05, 3.63) is 0 Å². The number of nitrogens with one attached hydrogen (secondary N) is 2. The minimum atomic E-state index is 0.169. The Labute approximate surface area is 106 Å². The predicted molar refractivity (Wildman–Crippen MR) is 71.9 cm³/mol. The van der Waals surface area contributed by atoms with Gasteiger partial charge in [0, 0.05) is 18.6 Å². The molecular formula is C14H28N2O. The second kappa shape index (κ2) is 7.00. The van der Waals surface area contributed by atoms with Gasteiger partial charge >= 0.3 is 0 Å². The van der Waals surface area contributed by atoms with Gasteiger partial charge in [0.05, 0.1) is 5.92 Å². The van der Waals surface area contributed by atoms with E-state index in [1.54, 1.807) is 0 Å². The fourth-order valence-corrected chi connectivity index (χ4v) is 2.68. The van der Waals surface area contributed by atoms with Gasteiger partial charge in [0.25, 0.3) is 0 Å². The van der Waals surface area contributed by atoms with E-state index in [1.165, 1.54) is 0 Å². The van der Waals surface area contributed by atoms with Crippen molar-refractivity contribution in [3.63, 3.8) is 0 Å². The molecule has 0 aliphatic carbocycles. The molecule has 3 unspecified atom stereocenters. The maximum Gasteiger partial charge on any atom is 0.224 e. The first-order chi connectivity index (χ1) is 8.08. The fraction of sp³-hybridized carbons (Fsp3) is 0.929. The van der Waals surface area contributed by atoms with Crippen LogP contribution < -0.4 is 10.6 Å². The Morgan fingerprint density at radius 2 is 2.00 bits per heavy atom. The van der Waals surface area contributed by atoms with Crippen LogP contribution >= 0.6 is 0 Å². The van der Waals surface area contributed by atoms with Crippen molar-refractivity contribution in [1.82, 2.24) is 10.6 Å². The minimum Gasteiger partial charge on any atom is -0.353 e. The van der Waals surface area contributed by atoms with Gasteiger partial charge in [-0.2, -0.15) is 0 Å². The Morgan fingerprint density at radius 1 is 1.35 bits per heavy atom. The molecule has 0 aromatic carbocycles. The lowest BCUT2D eigenvalue weighted by Crippen LogP contribution is -2.47. The van der Waals surface area contributed by atoms with Gasteiger partial charge in [0.2, 0.25) is 5.91 Å². The summed E-state index contributed by atoms with van der Waals surface area (Å²) < 4.78 is 0. The molecule has 3 nitrogen and oxygen atoms in total. The van der Waals surface area contributed by atoms with Gasteiger partial charge in [-0.15, -0.1) is 0 Å². The van der Waals surface area contributed by atoms with Crippen LogP contribution in [0.2, 0.25) is 0 Å². The molecule has 1 saturated heterocycles. The van der Waals surface area contributed by atoms with Crippen LogP contribution in [0.5, 0.6) is 0 Å². The summed E-state index contributed by atoms with van der Waals surface area (Å²) in [6, 6.07) is 0.868. The zero-order valence-corrected chi connectivity index (χ0v) is 11.8. The number of amides is 1. The first kappa shape index (κ1) is 14.5. The molecule has 2 N–H and O–H groups in total. The first-order valence-corrected chi connectivity index (χ1v) is 7.12. The highest BCUT2D eigenvalue weighted by atomic mass is 16.2. The number of hydrogen-bond acceptors (Lipinski definition) is 2. The average Bonchev–Trinajstić information content (AvgIpc) is 2.31. The largest absolute Gasteiger partial charge is 0.353 e. The molecule has 0 bridgehead atoms. The van der Waals surface area contributed by atoms with Crippen LogP contribution in [0.25, 0.3) is 0 Å². The second-order valence-corrected chi connectivity index (χ2v) is 5.46. The van der Waals surface area contributed by atoms with Gasteiger partial charge in [0.15, 0.2) is 0 Å². The van der Waals surface area contributed by atoms with Crippen molar-refractivity contribution in [3.8, 4) is 0 Å². The molecule has 1 aliphatic heterocycles. The Morgan fingerprint density at radius 3 is 2.47 bits per heavy atom. The molecule has 17 heavy (non-hydrogen) atoms. The summed E-state index contributed by atoms with van der Waals surface area (Å²) in [4.78, 5) is 12.1. The predicted octanol–water partition coefficient (Wildman–Crippen LogP) is 2.32. The number of carbonyl (C=O) groups is 1. The van der Waals surface area contributed by atoms with Crippen molar-refractivity contribution in [2.45, 2.75) is 65.5 Å². The zero-order valence-electron chi connectivity index (χ0n) is 11.8. The number of piperidine rings is 1. The van der Waals surface area contributed by atoms with E-state index in [0.29, 0.717) is 18.0 Å². The smallest absolute Gasteiger partial charge is 0.224 e. The van der Waals surface area contributed by atoms with Crippen molar-refractivity contribution in [2.24, 2.45) is 11.8 Å². The van der Waals surface area contributed by atoms with E-state index in [2.05, 4.69) is 38.3 Å². The zero-order chi connectivity index (χ0) is 12.8. The quantitative estimate of drug-likeness (QED) is 0.774. The van der Waals surface area contributed by atoms with Crippen molar-refractivity contribution in [2.75, 3.05) is 6.54 Å². The van der Waals surface area contributed by atoms with Crippen LogP contribution in [0.4, 0.5) is 0 Å². The lowest BCUT2D eigenvalue weighted by atomic mass is 9.92. The highest BCUT2D eigenvalue weighted by Crippen LogP contribution is 2.17. The van der Waals surface area contributed by atoms with Crippen molar-refractivity contribution < 1.29 is 4.79 Å². The lowest BCUT2D eigenvalue weighted by Gasteiger charge is -2.29.